The zero-order valence-electron chi connectivity index (χ0n) is 23.3. The van der Waals surface area contributed by atoms with Crippen LogP contribution in [0.4, 0.5) is 5.69 Å². The highest BCUT2D eigenvalue weighted by molar-refractivity contribution is 6.24. The molecule has 3 aliphatic carbocycles. The number of aromatic hydroxyl groups is 1. The predicted molar refractivity (Wildman–Crippen MR) is 145 cm³/mol. The lowest BCUT2D eigenvalue weighted by atomic mass is 9.58. The normalized spacial score (nSPS) is 26.6. The number of phenolic OH excluding ortho intramolecular Hbond substituents is 1. The van der Waals surface area contributed by atoms with Crippen molar-refractivity contribution in [1.82, 2.24) is 9.80 Å². The minimum Gasteiger partial charge on any atom is -0.510 e. The van der Waals surface area contributed by atoms with Crippen LogP contribution in [-0.2, 0) is 22.6 Å². The molecule has 39 heavy (non-hydrogen) atoms. The largest absolute Gasteiger partial charge is 0.510 e. The number of nitrogens with zero attached hydrogens (tertiary/aromatic N) is 3. The van der Waals surface area contributed by atoms with Crippen molar-refractivity contribution in [2.24, 2.45) is 17.6 Å². The summed E-state index contributed by atoms with van der Waals surface area (Å²) in [4.78, 5) is 45.1. The van der Waals surface area contributed by atoms with Crippen LogP contribution in [0.2, 0.25) is 0 Å². The Bertz CT molecular complexity index is 1310. The van der Waals surface area contributed by atoms with E-state index >= 15 is 0 Å². The molecule has 0 bridgehead atoms. The maximum absolute atomic E-state index is 14.1. The molecule has 0 heterocycles. The second-order valence-corrected chi connectivity index (χ2v) is 11.1. The number of hydrogen-bond donors (Lipinski definition) is 5. The summed E-state index contributed by atoms with van der Waals surface area (Å²) < 4.78 is 0. The molecule has 11 nitrogen and oxygen atoms in total. The summed E-state index contributed by atoms with van der Waals surface area (Å²) in [6.45, 7) is 5.86. The molecule has 212 valence electrons. The van der Waals surface area contributed by atoms with E-state index in [-0.39, 0.29) is 29.7 Å². The number of anilines is 1. The third-order valence-corrected chi connectivity index (χ3v) is 8.55. The summed E-state index contributed by atoms with van der Waals surface area (Å²) in [5.41, 5.74) is 3.71. The number of amides is 1. The van der Waals surface area contributed by atoms with Crippen molar-refractivity contribution in [3.05, 3.63) is 45.4 Å². The highest BCUT2D eigenvalue weighted by Crippen LogP contribution is 2.53. The number of rotatable bonds is 7. The number of carbonyl (C=O) groups excluding carboxylic acids is 3. The molecule has 11 heteroatoms. The van der Waals surface area contributed by atoms with E-state index in [1.165, 1.54) is 4.90 Å². The average molecular weight is 543 g/mol. The van der Waals surface area contributed by atoms with E-state index in [1.54, 1.807) is 14.1 Å². The number of allylic oxidation sites excluding steroid dienone is 1. The summed E-state index contributed by atoms with van der Waals surface area (Å²) in [7, 11) is 6.90. The smallest absolute Gasteiger partial charge is 0.255 e. The van der Waals surface area contributed by atoms with Crippen molar-refractivity contribution >= 4 is 23.2 Å². The number of Topliss-reactive ketones (excluding diaryl/α,β-unsaturated/α-hetero) is 2. The number of carbonyl (C=O) groups is 3. The quantitative estimate of drug-likeness (QED) is 0.314. The summed E-state index contributed by atoms with van der Waals surface area (Å²) in [6, 6.07) is 0.849. The van der Waals surface area contributed by atoms with Gasteiger partial charge in [-0.05, 0) is 57.6 Å². The van der Waals surface area contributed by atoms with E-state index in [9.17, 15) is 34.8 Å². The second kappa shape index (κ2) is 9.96. The highest BCUT2D eigenvalue weighted by atomic mass is 16.3. The number of phenols is 1. The lowest BCUT2D eigenvalue weighted by Gasteiger charge is -2.50. The number of nitrogens with two attached hydrogens (primary N) is 1. The van der Waals surface area contributed by atoms with Gasteiger partial charge in [-0.25, -0.2) is 0 Å². The minimum atomic E-state index is -2.65. The van der Waals surface area contributed by atoms with Crippen LogP contribution in [0, 0.1) is 11.8 Å². The SMILES string of the molecule is CCN(CC)Cc1cc(N(C)C)c2c(c1O)C(=O)C1=C(O)[C@]3(O)C(=O)C(C(N)=O)=C(O)[C@H](N(C)C)[C@@H]3C[C@@H]1C2. The van der Waals surface area contributed by atoms with E-state index in [4.69, 9.17) is 5.73 Å². The summed E-state index contributed by atoms with van der Waals surface area (Å²) >= 11 is 0. The zero-order chi connectivity index (χ0) is 29.1. The fraction of sp³-hybridized carbons (Fsp3) is 0.536. The van der Waals surface area contributed by atoms with E-state index in [0.29, 0.717) is 17.7 Å². The van der Waals surface area contributed by atoms with Crippen LogP contribution < -0.4 is 10.6 Å². The van der Waals surface area contributed by atoms with Crippen LogP contribution in [0.1, 0.15) is 41.8 Å². The summed E-state index contributed by atoms with van der Waals surface area (Å²) in [6.07, 6.45) is 0.307. The molecule has 0 radical (unpaired) electrons. The summed E-state index contributed by atoms with van der Waals surface area (Å²) in [5, 5.41) is 45.5. The van der Waals surface area contributed by atoms with E-state index in [2.05, 4.69) is 4.90 Å². The molecule has 0 aliphatic heterocycles. The van der Waals surface area contributed by atoms with Gasteiger partial charge < -0.3 is 31.1 Å². The van der Waals surface area contributed by atoms with Crippen molar-refractivity contribution < 1.29 is 34.8 Å². The third kappa shape index (κ3) is 4.11. The molecule has 0 spiro atoms. The fourth-order valence-corrected chi connectivity index (χ4v) is 6.56. The number of primary amides is 1. The molecule has 4 rings (SSSR count). The van der Waals surface area contributed by atoms with Gasteiger partial charge in [0.1, 0.15) is 22.8 Å². The van der Waals surface area contributed by atoms with Crippen molar-refractivity contribution in [3.63, 3.8) is 0 Å². The fourth-order valence-electron chi connectivity index (χ4n) is 6.56. The first-order chi connectivity index (χ1) is 18.2. The van der Waals surface area contributed by atoms with Crippen LogP contribution >= 0.6 is 0 Å². The van der Waals surface area contributed by atoms with Gasteiger partial charge in [0, 0.05) is 43.4 Å². The van der Waals surface area contributed by atoms with Gasteiger partial charge in [-0.1, -0.05) is 13.8 Å². The Morgan fingerprint density at radius 1 is 1.10 bits per heavy atom. The maximum atomic E-state index is 14.1. The Morgan fingerprint density at radius 3 is 2.23 bits per heavy atom. The lowest BCUT2D eigenvalue weighted by Crippen LogP contribution is -2.63. The minimum absolute atomic E-state index is 0.0316. The Hall–Kier alpha value is -3.41. The Balaban J connectivity index is 1.95. The molecular weight excluding hydrogens is 504 g/mol. The predicted octanol–water partition coefficient (Wildman–Crippen LogP) is 1.03. The number of aliphatic hydroxyl groups is 3. The zero-order valence-corrected chi connectivity index (χ0v) is 23.3. The number of likely N-dealkylation sites (N-methyl/N-ethyl adjacent to an activating group) is 1. The average Bonchev–Trinajstić information content (AvgIpc) is 2.85. The van der Waals surface area contributed by atoms with E-state index in [0.717, 1.165) is 18.8 Å². The van der Waals surface area contributed by atoms with Crippen LogP contribution in [0.15, 0.2) is 28.7 Å². The first-order valence-electron chi connectivity index (χ1n) is 13.1. The molecule has 1 aromatic carbocycles. The lowest BCUT2D eigenvalue weighted by molar-refractivity contribution is -0.148. The monoisotopic (exact) mass is 542 g/mol. The second-order valence-electron chi connectivity index (χ2n) is 11.1. The van der Waals surface area contributed by atoms with Gasteiger partial charge in [-0.3, -0.25) is 24.2 Å². The van der Waals surface area contributed by atoms with Gasteiger partial charge in [0.25, 0.3) is 5.91 Å². The first-order valence-corrected chi connectivity index (χ1v) is 13.1. The number of hydrogen-bond acceptors (Lipinski definition) is 10. The number of fused-ring (bicyclic) bond motifs is 3. The maximum Gasteiger partial charge on any atom is 0.255 e. The standard InChI is InChI=1S/C28H38N4O7/c1-7-32(8-2)12-14-11-17(30(3)4)15-9-13-10-16-21(31(5)6)24(35)20(27(29)38)26(37)28(16,39)25(36)18(13)23(34)19(15)22(14)33/h11,13,16,21,33,35-36,39H,7-10,12H2,1-6H3,(H2,29,38)/t13-,16-,21+,28-/m0/s1. The Kier molecular flexibility index (Phi) is 7.30. The van der Waals surface area contributed by atoms with Crippen LogP contribution in [0.3, 0.4) is 0 Å². The Labute approximate surface area is 227 Å². The molecule has 1 aromatic rings. The highest BCUT2D eigenvalue weighted by Gasteiger charge is 2.63. The van der Waals surface area contributed by atoms with Gasteiger partial charge in [-0.2, -0.15) is 0 Å². The van der Waals surface area contributed by atoms with Crippen molar-refractivity contribution in [3.8, 4) is 5.75 Å². The number of benzene rings is 1. The van der Waals surface area contributed by atoms with E-state index in [1.807, 2.05) is 38.9 Å². The third-order valence-electron chi connectivity index (χ3n) is 8.55. The van der Waals surface area contributed by atoms with Crippen LogP contribution in [0.25, 0.3) is 0 Å². The number of ketones is 2. The van der Waals surface area contributed by atoms with Gasteiger partial charge in [0.15, 0.2) is 11.4 Å². The number of aliphatic hydroxyl groups excluding tert-OH is 2. The van der Waals surface area contributed by atoms with Gasteiger partial charge in [-0.15, -0.1) is 0 Å². The Morgan fingerprint density at radius 2 is 1.72 bits per heavy atom. The molecule has 6 N–H and O–H groups in total. The summed E-state index contributed by atoms with van der Waals surface area (Å²) in [5.74, 6) is -6.47. The molecule has 1 amide bonds. The van der Waals surface area contributed by atoms with Gasteiger partial charge in [0.05, 0.1) is 11.6 Å². The molecule has 0 aromatic heterocycles. The molecule has 0 saturated heterocycles. The molecule has 0 fully saturated rings. The van der Waals surface area contributed by atoms with Crippen LogP contribution in [-0.4, -0.2) is 101 Å². The van der Waals surface area contributed by atoms with Gasteiger partial charge >= 0.3 is 0 Å². The van der Waals surface area contributed by atoms with Crippen molar-refractivity contribution in [2.75, 3.05) is 46.2 Å². The van der Waals surface area contributed by atoms with Crippen LogP contribution in [0.5, 0.6) is 5.75 Å². The van der Waals surface area contributed by atoms with Crippen molar-refractivity contribution in [2.45, 2.75) is 44.9 Å². The molecule has 0 unspecified atom stereocenters. The molecule has 3 aliphatic rings. The molecule has 4 atom stereocenters. The van der Waals surface area contributed by atoms with Gasteiger partial charge in [0.2, 0.25) is 5.78 Å². The van der Waals surface area contributed by atoms with Crippen molar-refractivity contribution in [1.29, 1.82) is 0 Å². The topological polar surface area (TPSA) is 168 Å². The first kappa shape index (κ1) is 28.6. The van der Waals surface area contributed by atoms with E-state index < -0.39 is 58.0 Å². The molecular formula is C28H38N4O7. The molecule has 0 saturated carbocycles.